The van der Waals surface area contributed by atoms with Crippen LogP contribution in [0.3, 0.4) is 0 Å². The molecule has 0 aliphatic rings. The van der Waals surface area contributed by atoms with E-state index in [1.807, 2.05) is 6.92 Å². The molecule has 0 spiro atoms. The Bertz CT molecular complexity index is 705. The Balaban J connectivity index is -0.000000111. The number of aliphatic carboxylic acids is 3. The minimum atomic E-state index is -4.27. The molecule has 1 aromatic rings. The summed E-state index contributed by atoms with van der Waals surface area (Å²) in [5, 5.41) is 38.9. The molecule has 1 aromatic carbocycles. The average molecular weight is 452 g/mol. The first-order valence-electron chi connectivity index (χ1n) is 6.14. The molecule has 0 heterocycles. The topological polar surface area (TPSA) is 198 Å². The molecule has 0 saturated heterocycles. The number of benzene rings is 1. The number of carboxylic acid groups (broad SMARTS) is 3. The molecule has 0 atom stereocenters. The van der Waals surface area contributed by atoms with Crippen molar-refractivity contribution < 1.29 is 166 Å². The molecule has 1 N–H and O–H groups in total. The summed E-state index contributed by atoms with van der Waals surface area (Å²) in [6.07, 6.45) is -2.72. The van der Waals surface area contributed by atoms with Gasteiger partial charge in [-0.25, -0.2) is 8.42 Å². The van der Waals surface area contributed by atoms with E-state index >= 15 is 0 Å². The third-order valence-corrected chi connectivity index (χ3v) is 3.41. The van der Waals surface area contributed by atoms with Gasteiger partial charge < -0.3 is 39.4 Å². The van der Waals surface area contributed by atoms with E-state index in [0.717, 1.165) is 5.56 Å². The standard InChI is InChI=1S/C7H8O3S.C6H8O7.4Na/c1-6-2-4-7(5-3-6)11(8,9)10;7-3(8)1-6(13,5(11)12)2-4(9)10;;;;/h2-5H,1H3,(H,8,9,10);13H,1-2H2,(H,7,8)(H,9,10)(H,11,12);;;;/q;;4*+1/p-4. The van der Waals surface area contributed by atoms with E-state index in [4.69, 9.17) is 5.11 Å². The van der Waals surface area contributed by atoms with Crippen molar-refractivity contribution in [1.82, 2.24) is 0 Å². The fourth-order valence-electron chi connectivity index (χ4n) is 1.39. The van der Waals surface area contributed by atoms with Gasteiger partial charge in [0.15, 0.2) is 0 Å². The molecule has 0 bridgehead atoms. The third-order valence-electron chi connectivity index (χ3n) is 2.56. The predicted molar refractivity (Wildman–Crippen MR) is 68.3 cm³/mol. The van der Waals surface area contributed by atoms with Gasteiger partial charge in [0.25, 0.3) is 0 Å². The van der Waals surface area contributed by atoms with E-state index < -0.39 is 46.5 Å². The SMILES string of the molecule is Cc1ccc(S(=O)(=O)[O-])cc1.O=C([O-])CC(O)(CC(=O)[O-])C(=O)[O-].[Na+].[Na+].[Na+].[Na+]. The number of carbonyl (C=O) groups is 3. The van der Waals surface area contributed by atoms with E-state index in [1.165, 1.54) is 12.1 Å². The molecule has 0 unspecified atom stereocenters. The Morgan fingerprint density at radius 3 is 1.43 bits per heavy atom. The van der Waals surface area contributed by atoms with Gasteiger partial charge in [0.05, 0.1) is 10.9 Å². The van der Waals surface area contributed by atoms with Crippen LogP contribution < -0.4 is 134 Å². The zero-order chi connectivity index (χ0) is 19.1. The number of aliphatic hydroxyl groups is 1. The predicted octanol–water partition coefficient (Wildman–Crippen LogP) is -16.3. The quantitative estimate of drug-likeness (QED) is 0.319. The number of rotatable bonds is 6. The molecule has 134 valence electrons. The van der Waals surface area contributed by atoms with Gasteiger partial charge in [-0.1, -0.05) is 17.7 Å². The minimum Gasteiger partial charge on any atom is -0.744 e. The number of carbonyl (C=O) groups excluding carboxylic acids is 3. The zero-order valence-electron chi connectivity index (χ0n) is 16.3. The number of hydrogen-bond acceptors (Lipinski definition) is 10. The Morgan fingerprint density at radius 2 is 1.21 bits per heavy atom. The largest absolute Gasteiger partial charge is 1.00 e. The summed E-state index contributed by atoms with van der Waals surface area (Å²) in [6.45, 7) is 1.82. The van der Waals surface area contributed by atoms with Gasteiger partial charge in [0.2, 0.25) is 0 Å². The second-order valence-electron chi connectivity index (χ2n) is 4.68. The first kappa shape index (κ1) is 39.9. The van der Waals surface area contributed by atoms with Gasteiger partial charge in [-0.05, 0) is 19.1 Å². The summed E-state index contributed by atoms with van der Waals surface area (Å²) in [4.78, 5) is 29.8. The van der Waals surface area contributed by atoms with Crippen LogP contribution in [0.25, 0.3) is 0 Å². The van der Waals surface area contributed by atoms with Gasteiger partial charge >= 0.3 is 118 Å². The van der Waals surface area contributed by atoms with E-state index in [0.29, 0.717) is 0 Å². The van der Waals surface area contributed by atoms with E-state index in [9.17, 15) is 42.7 Å². The van der Waals surface area contributed by atoms with Crippen LogP contribution in [0.2, 0.25) is 0 Å². The summed E-state index contributed by atoms with van der Waals surface area (Å²) in [6, 6.07) is 5.78. The molecule has 0 amide bonds. The summed E-state index contributed by atoms with van der Waals surface area (Å²) < 4.78 is 31.2. The van der Waals surface area contributed by atoms with Crippen LogP contribution in [0.1, 0.15) is 18.4 Å². The molecule has 0 fully saturated rings. The van der Waals surface area contributed by atoms with Gasteiger partial charge in [0, 0.05) is 24.8 Å². The van der Waals surface area contributed by atoms with Crippen molar-refractivity contribution in [1.29, 1.82) is 0 Å². The monoisotopic (exact) mass is 452 g/mol. The summed E-state index contributed by atoms with van der Waals surface area (Å²) >= 11 is 0. The molecular formula is C13H12Na4O10S. The van der Waals surface area contributed by atoms with Crippen LogP contribution in [0, 0.1) is 6.92 Å². The number of aryl methyl sites for hydroxylation is 1. The van der Waals surface area contributed by atoms with Gasteiger partial charge in [0.1, 0.15) is 15.7 Å². The molecule has 15 heteroatoms. The molecule has 0 radical (unpaired) electrons. The second kappa shape index (κ2) is 18.1. The molecule has 0 aliphatic carbocycles. The van der Waals surface area contributed by atoms with E-state index in [2.05, 4.69) is 0 Å². The molecule has 0 aromatic heterocycles. The molecule has 0 aliphatic heterocycles. The Morgan fingerprint density at radius 1 is 0.893 bits per heavy atom. The normalized spacial score (nSPS) is 9.54. The Hall–Kier alpha value is 1.50. The first-order chi connectivity index (χ1) is 10.8. The van der Waals surface area contributed by atoms with Crippen LogP contribution in [0.5, 0.6) is 0 Å². The third kappa shape index (κ3) is 17.2. The fraction of sp³-hybridized carbons (Fsp3) is 0.308. The first-order valence-corrected chi connectivity index (χ1v) is 7.55. The van der Waals surface area contributed by atoms with E-state index in [1.54, 1.807) is 12.1 Å². The molecule has 10 nitrogen and oxygen atoms in total. The molecule has 28 heavy (non-hydrogen) atoms. The van der Waals surface area contributed by atoms with Crippen molar-refractivity contribution in [2.45, 2.75) is 30.3 Å². The maximum atomic E-state index is 10.4. The van der Waals surface area contributed by atoms with Gasteiger partial charge in [-0.15, -0.1) is 0 Å². The van der Waals surface area contributed by atoms with Crippen molar-refractivity contribution in [2.75, 3.05) is 0 Å². The summed E-state index contributed by atoms with van der Waals surface area (Å²) in [5.41, 5.74) is -2.05. The fourth-order valence-corrected chi connectivity index (χ4v) is 1.86. The van der Waals surface area contributed by atoms with Crippen molar-refractivity contribution in [3.63, 3.8) is 0 Å². The van der Waals surface area contributed by atoms with Crippen LogP contribution in [-0.4, -0.2) is 41.6 Å². The van der Waals surface area contributed by atoms with Crippen molar-refractivity contribution in [2.24, 2.45) is 0 Å². The van der Waals surface area contributed by atoms with Gasteiger partial charge in [-0.2, -0.15) is 0 Å². The van der Waals surface area contributed by atoms with Crippen LogP contribution in [0.4, 0.5) is 0 Å². The zero-order valence-corrected chi connectivity index (χ0v) is 25.1. The van der Waals surface area contributed by atoms with Crippen LogP contribution >= 0.6 is 0 Å². The van der Waals surface area contributed by atoms with Crippen molar-refractivity contribution >= 4 is 28.0 Å². The number of carboxylic acids is 3. The Kier molecular flexibility index (Phi) is 25.8. The second-order valence-corrected chi connectivity index (χ2v) is 6.06. The van der Waals surface area contributed by atoms with Gasteiger partial charge in [-0.3, -0.25) is 0 Å². The maximum Gasteiger partial charge on any atom is 1.00 e. The molecular weight excluding hydrogens is 440 g/mol. The minimum absolute atomic E-state index is 0. The average Bonchev–Trinajstić information content (AvgIpc) is 2.36. The maximum absolute atomic E-state index is 10.4. The summed E-state index contributed by atoms with van der Waals surface area (Å²) in [7, 11) is -4.27. The van der Waals surface area contributed by atoms with Crippen LogP contribution in [-0.2, 0) is 24.5 Å². The number of hydrogen-bond donors (Lipinski definition) is 1. The smallest absolute Gasteiger partial charge is 0.744 e. The molecule has 1 rings (SSSR count). The molecule has 0 saturated carbocycles. The Labute approximate surface area is 250 Å². The summed E-state index contributed by atoms with van der Waals surface area (Å²) in [5.74, 6) is -5.98. The van der Waals surface area contributed by atoms with Crippen molar-refractivity contribution in [3.8, 4) is 0 Å². The van der Waals surface area contributed by atoms with Crippen molar-refractivity contribution in [3.05, 3.63) is 29.8 Å². The van der Waals surface area contributed by atoms with E-state index in [-0.39, 0.29) is 123 Å². The van der Waals surface area contributed by atoms with Crippen LogP contribution in [0.15, 0.2) is 29.2 Å².